The van der Waals surface area contributed by atoms with Gasteiger partial charge in [0.05, 0.1) is 0 Å². The maximum Gasteiger partial charge on any atom is 0.166 e. The summed E-state index contributed by atoms with van der Waals surface area (Å²) in [5.41, 5.74) is 0.812. The Hall–Kier alpha value is -1.22. The molecule has 1 fully saturated rings. The Labute approximate surface area is 109 Å². The standard InChI is InChI=1S/C15H22N2O/c1-12(2)11-17-9-5-14(6-10-17)15(18)13-3-7-16-8-4-13/h3-4,7-8,12,14H,5-6,9-11H2,1-2H3. The fraction of sp³-hybridized carbons (Fsp3) is 0.600. The highest BCUT2D eigenvalue weighted by Gasteiger charge is 2.25. The van der Waals surface area contributed by atoms with Gasteiger partial charge in [-0.2, -0.15) is 0 Å². The lowest BCUT2D eigenvalue weighted by atomic mass is 9.89. The van der Waals surface area contributed by atoms with Crippen LogP contribution in [0.1, 0.15) is 37.0 Å². The van der Waals surface area contributed by atoms with Crippen LogP contribution in [0.25, 0.3) is 0 Å². The molecule has 0 unspecified atom stereocenters. The summed E-state index contributed by atoms with van der Waals surface area (Å²) in [7, 11) is 0. The smallest absolute Gasteiger partial charge is 0.166 e. The van der Waals surface area contributed by atoms with E-state index in [0.29, 0.717) is 11.7 Å². The van der Waals surface area contributed by atoms with Crippen molar-refractivity contribution in [2.75, 3.05) is 19.6 Å². The average Bonchev–Trinajstić information content (AvgIpc) is 2.39. The zero-order chi connectivity index (χ0) is 13.0. The topological polar surface area (TPSA) is 33.2 Å². The van der Waals surface area contributed by atoms with Crippen LogP contribution in [-0.4, -0.2) is 35.3 Å². The van der Waals surface area contributed by atoms with E-state index in [4.69, 9.17) is 0 Å². The van der Waals surface area contributed by atoms with Gasteiger partial charge < -0.3 is 4.90 Å². The number of Topliss-reactive ketones (excluding diaryl/α,β-unsaturated/α-hetero) is 1. The molecular weight excluding hydrogens is 224 g/mol. The van der Waals surface area contributed by atoms with E-state index in [9.17, 15) is 4.79 Å². The van der Waals surface area contributed by atoms with Crippen LogP contribution in [0.2, 0.25) is 0 Å². The van der Waals surface area contributed by atoms with Crippen molar-refractivity contribution >= 4 is 5.78 Å². The molecule has 0 atom stereocenters. The van der Waals surface area contributed by atoms with E-state index in [1.807, 2.05) is 12.1 Å². The number of carbonyl (C=O) groups is 1. The summed E-state index contributed by atoms with van der Waals surface area (Å²) in [6, 6.07) is 3.64. The molecule has 0 N–H and O–H groups in total. The maximum atomic E-state index is 12.3. The highest BCUT2D eigenvalue weighted by molar-refractivity contribution is 5.97. The molecule has 1 aliphatic heterocycles. The predicted octanol–water partition coefficient (Wildman–Crippen LogP) is 2.63. The van der Waals surface area contributed by atoms with Crippen LogP contribution in [0.5, 0.6) is 0 Å². The van der Waals surface area contributed by atoms with Crippen LogP contribution in [0.15, 0.2) is 24.5 Å². The summed E-state index contributed by atoms with van der Waals surface area (Å²) in [4.78, 5) is 18.7. The quantitative estimate of drug-likeness (QED) is 0.766. The maximum absolute atomic E-state index is 12.3. The van der Waals surface area contributed by atoms with E-state index in [1.165, 1.54) is 0 Å². The van der Waals surface area contributed by atoms with Crippen LogP contribution in [0, 0.1) is 11.8 Å². The van der Waals surface area contributed by atoms with Crippen molar-refractivity contribution in [2.24, 2.45) is 11.8 Å². The summed E-state index contributed by atoms with van der Waals surface area (Å²) in [5.74, 6) is 1.20. The summed E-state index contributed by atoms with van der Waals surface area (Å²) in [5, 5.41) is 0. The lowest BCUT2D eigenvalue weighted by Gasteiger charge is -2.32. The molecule has 0 aliphatic carbocycles. The van der Waals surface area contributed by atoms with Gasteiger partial charge in [0.25, 0.3) is 0 Å². The summed E-state index contributed by atoms with van der Waals surface area (Å²) in [6.07, 6.45) is 5.38. The van der Waals surface area contributed by atoms with Gasteiger partial charge in [-0.1, -0.05) is 13.8 Å². The van der Waals surface area contributed by atoms with E-state index >= 15 is 0 Å². The number of piperidine rings is 1. The van der Waals surface area contributed by atoms with Gasteiger partial charge in [-0.05, 0) is 44.0 Å². The Morgan fingerprint density at radius 3 is 2.50 bits per heavy atom. The lowest BCUT2D eigenvalue weighted by Crippen LogP contribution is -2.38. The minimum absolute atomic E-state index is 0.204. The molecule has 0 amide bonds. The van der Waals surface area contributed by atoms with Crippen molar-refractivity contribution in [1.29, 1.82) is 0 Å². The van der Waals surface area contributed by atoms with E-state index in [-0.39, 0.29) is 5.92 Å². The normalized spacial score (nSPS) is 18.2. The third-order valence-electron chi connectivity index (χ3n) is 3.55. The molecule has 98 valence electrons. The lowest BCUT2D eigenvalue weighted by molar-refractivity contribution is 0.0831. The number of hydrogen-bond acceptors (Lipinski definition) is 3. The van der Waals surface area contributed by atoms with Gasteiger partial charge in [-0.3, -0.25) is 9.78 Å². The van der Waals surface area contributed by atoms with Crippen molar-refractivity contribution in [3.05, 3.63) is 30.1 Å². The van der Waals surface area contributed by atoms with Gasteiger partial charge in [0, 0.05) is 30.4 Å². The molecule has 0 bridgehead atoms. The average molecular weight is 246 g/mol. The number of pyridine rings is 1. The molecule has 1 aliphatic rings. The Bertz CT molecular complexity index is 381. The minimum Gasteiger partial charge on any atom is -0.303 e. The van der Waals surface area contributed by atoms with Gasteiger partial charge in [0.15, 0.2) is 5.78 Å². The van der Waals surface area contributed by atoms with E-state index in [0.717, 1.165) is 38.0 Å². The third-order valence-corrected chi connectivity index (χ3v) is 3.55. The zero-order valence-corrected chi connectivity index (χ0v) is 11.3. The second-order valence-electron chi connectivity index (χ2n) is 5.57. The van der Waals surface area contributed by atoms with Crippen molar-refractivity contribution < 1.29 is 4.79 Å². The Balaban J connectivity index is 1.88. The Morgan fingerprint density at radius 2 is 1.94 bits per heavy atom. The summed E-state index contributed by atoms with van der Waals surface area (Å²) in [6.45, 7) is 7.75. The van der Waals surface area contributed by atoms with E-state index in [2.05, 4.69) is 23.7 Å². The molecule has 0 radical (unpaired) electrons. The molecule has 1 aromatic heterocycles. The molecule has 2 heterocycles. The minimum atomic E-state index is 0.204. The number of likely N-dealkylation sites (tertiary alicyclic amines) is 1. The van der Waals surface area contributed by atoms with Crippen LogP contribution in [0.3, 0.4) is 0 Å². The molecule has 3 heteroatoms. The van der Waals surface area contributed by atoms with Crippen molar-refractivity contribution in [3.63, 3.8) is 0 Å². The number of rotatable bonds is 4. The van der Waals surface area contributed by atoms with Crippen LogP contribution >= 0.6 is 0 Å². The highest BCUT2D eigenvalue weighted by Crippen LogP contribution is 2.22. The van der Waals surface area contributed by atoms with Crippen LogP contribution in [-0.2, 0) is 0 Å². The Morgan fingerprint density at radius 1 is 1.33 bits per heavy atom. The van der Waals surface area contributed by atoms with Gasteiger partial charge in [0.2, 0.25) is 0 Å². The van der Waals surface area contributed by atoms with Gasteiger partial charge in [0.1, 0.15) is 0 Å². The Kier molecular flexibility index (Phi) is 4.48. The SMILES string of the molecule is CC(C)CN1CCC(C(=O)c2ccncc2)CC1. The van der Waals surface area contributed by atoms with Crippen molar-refractivity contribution in [3.8, 4) is 0 Å². The molecule has 18 heavy (non-hydrogen) atoms. The third kappa shape index (κ3) is 3.39. The largest absolute Gasteiger partial charge is 0.303 e. The molecule has 3 nitrogen and oxygen atoms in total. The fourth-order valence-corrected chi connectivity index (χ4v) is 2.65. The van der Waals surface area contributed by atoms with Gasteiger partial charge >= 0.3 is 0 Å². The first-order valence-electron chi connectivity index (χ1n) is 6.83. The van der Waals surface area contributed by atoms with E-state index in [1.54, 1.807) is 12.4 Å². The molecular formula is C15H22N2O. The van der Waals surface area contributed by atoms with Gasteiger partial charge in [-0.15, -0.1) is 0 Å². The zero-order valence-electron chi connectivity index (χ0n) is 11.3. The predicted molar refractivity (Wildman–Crippen MR) is 72.6 cm³/mol. The fourth-order valence-electron chi connectivity index (χ4n) is 2.65. The molecule has 0 spiro atoms. The number of carbonyl (C=O) groups excluding carboxylic acids is 1. The van der Waals surface area contributed by atoms with E-state index < -0.39 is 0 Å². The monoisotopic (exact) mass is 246 g/mol. The van der Waals surface area contributed by atoms with Crippen molar-refractivity contribution in [1.82, 2.24) is 9.88 Å². The van der Waals surface area contributed by atoms with Crippen molar-refractivity contribution in [2.45, 2.75) is 26.7 Å². The van der Waals surface area contributed by atoms with Gasteiger partial charge in [-0.25, -0.2) is 0 Å². The second-order valence-corrected chi connectivity index (χ2v) is 5.57. The molecule has 1 saturated heterocycles. The summed E-state index contributed by atoms with van der Waals surface area (Å²) >= 11 is 0. The number of hydrogen-bond donors (Lipinski definition) is 0. The second kappa shape index (κ2) is 6.10. The molecule has 1 aromatic rings. The number of aromatic nitrogens is 1. The van der Waals surface area contributed by atoms with Crippen LogP contribution in [0.4, 0.5) is 0 Å². The first kappa shape index (κ1) is 13.2. The molecule has 0 saturated carbocycles. The molecule has 0 aromatic carbocycles. The number of ketones is 1. The first-order chi connectivity index (χ1) is 8.66. The summed E-state index contributed by atoms with van der Waals surface area (Å²) < 4.78 is 0. The number of nitrogens with zero attached hydrogens (tertiary/aromatic N) is 2. The highest BCUT2D eigenvalue weighted by atomic mass is 16.1. The molecule has 2 rings (SSSR count). The van der Waals surface area contributed by atoms with Crippen LogP contribution < -0.4 is 0 Å². The first-order valence-corrected chi connectivity index (χ1v) is 6.83.